The number of nitrogens with one attached hydrogen (secondary N) is 1. The molecule has 2 fully saturated rings. The van der Waals surface area contributed by atoms with Crippen LogP contribution in [0.1, 0.15) is 30.9 Å². The Morgan fingerprint density at radius 3 is 2.35 bits per heavy atom. The normalized spacial score (nSPS) is 26.6. The van der Waals surface area contributed by atoms with E-state index in [2.05, 4.69) is 5.32 Å². The molecule has 0 aromatic heterocycles. The van der Waals surface area contributed by atoms with Crippen LogP contribution in [0.2, 0.25) is 0 Å². The van der Waals surface area contributed by atoms with Crippen LogP contribution in [0.15, 0.2) is 29.2 Å². The van der Waals surface area contributed by atoms with E-state index in [1.165, 1.54) is 0 Å². The topological polar surface area (TPSA) is 83.5 Å². The number of aliphatic carboxylic acids is 1. The monoisotopic (exact) mass is 295 g/mol. The second kappa shape index (κ2) is 4.86. The van der Waals surface area contributed by atoms with Gasteiger partial charge in [0, 0.05) is 12.6 Å². The summed E-state index contributed by atoms with van der Waals surface area (Å²) >= 11 is 0. The maximum atomic E-state index is 12.1. The number of carboxylic acid groups (broad SMARTS) is 1. The number of carbonyl (C=O) groups is 1. The van der Waals surface area contributed by atoms with Crippen molar-refractivity contribution in [2.24, 2.45) is 5.92 Å². The van der Waals surface area contributed by atoms with Gasteiger partial charge in [-0.3, -0.25) is 4.79 Å². The van der Waals surface area contributed by atoms with Crippen molar-refractivity contribution >= 4 is 15.8 Å². The van der Waals surface area contributed by atoms with Crippen molar-refractivity contribution in [2.75, 3.05) is 6.54 Å². The van der Waals surface area contributed by atoms with E-state index in [-0.39, 0.29) is 17.2 Å². The number of hydrogen-bond donors (Lipinski definition) is 2. The molecule has 1 aliphatic carbocycles. The molecular formula is C14H17NO4S. The van der Waals surface area contributed by atoms with E-state index in [9.17, 15) is 13.2 Å². The fourth-order valence-corrected chi connectivity index (χ4v) is 4.30. The molecule has 2 N–H and O–H groups in total. The average Bonchev–Trinajstić information content (AvgIpc) is 3.17. The molecule has 1 saturated heterocycles. The van der Waals surface area contributed by atoms with Gasteiger partial charge in [0.2, 0.25) is 0 Å². The first kappa shape index (κ1) is 13.6. The van der Waals surface area contributed by atoms with E-state index >= 15 is 0 Å². The molecule has 2 atom stereocenters. The van der Waals surface area contributed by atoms with Crippen LogP contribution in [-0.2, 0) is 14.6 Å². The Morgan fingerprint density at radius 1 is 1.20 bits per heavy atom. The molecule has 108 valence electrons. The van der Waals surface area contributed by atoms with Gasteiger partial charge in [-0.1, -0.05) is 12.1 Å². The lowest BCUT2D eigenvalue weighted by Crippen LogP contribution is -2.17. The number of sulfone groups is 1. The minimum atomic E-state index is -3.14. The van der Waals surface area contributed by atoms with Gasteiger partial charge in [0.1, 0.15) is 0 Å². The molecule has 1 aromatic rings. The molecule has 0 bridgehead atoms. The van der Waals surface area contributed by atoms with Crippen molar-refractivity contribution in [1.82, 2.24) is 5.32 Å². The highest BCUT2D eigenvalue weighted by molar-refractivity contribution is 7.92. The Hall–Kier alpha value is -1.40. The minimum Gasteiger partial charge on any atom is -0.481 e. The third kappa shape index (κ3) is 2.45. The summed E-state index contributed by atoms with van der Waals surface area (Å²) in [4.78, 5) is 11.3. The predicted molar refractivity (Wildman–Crippen MR) is 73.1 cm³/mol. The highest BCUT2D eigenvalue weighted by Crippen LogP contribution is 2.34. The smallest absolute Gasteiger partial charge is 0.307 e. The molecule has 1 aliphatic heterocycles. The summed E-state index contributed by atoms with van der Waals surface area (Å²) in [6.07, 6.45) is 2.06. The number of benzene rings is 1. The van der Waals surface area contributed by atoms with Crippen molar-refractivity contribution in [3.63, 3.8) is 0 Å². The van der Waals surface area contributed by atoms with Crippen molar-refractivity contribution in [3.05, 3.63) is 29.8 Å². The maximum Gasteiger partial charge on any atom is 0.307 e. The molecule has 2 unspecified atom stereocenters. The van der Waals surface area contributed by atoms with Crippen molar-refractivity contribution in [2.45, 2.75) is 35.4 Å². The van der Waals surface area contributed by atoms with Crippen LogP contribution in [0.25, 0.3) is 0 Å². The van der Waals surface area contributed by atoms with Gasteiger partial charge in [-0.25, -0.2) is 8.42 Å². The molecule has 1 heterocycles. The second-order valence-electron chi connectivity index (χ2n) is 5.55. The van der Waals surface area contributed by atoms with Gasteiger partial charge < -0.3 is 10.4 Å². The third-order valence-electron chi connectivity index (χ3n) is 4.05. The molecule has 0 spiro atoms. The minimum absolute atomic E-state index is 0.00576. The largest absolute Gasteiger partial charge is 0.481 e. The molecule has 0 amide bonds. The fourth-order valence-electron chi connectivity index (χ4n) is 2.64. The first-order valence-corrected chi connectivity index (χ1v) is 8.33. The highest BCUT2D eigenvalue weighted by Gasteiger charge is 2.37. The second-order valence-corrected chi connectivity index (χ2v) is 7.77. The summed E-state index contributed by atoms with van der Waals surface area (Å²) in [5, 5.41) is 11.9. The van der Waals surface area contributed by atoms with Crippen LogP contribution in [0.4, 0.5) is 0 Å². The van der Waals surface area contributed by atoms with E-state index in [1.54, 1.807) is 24.3 Å². The van der Waals surface area contributed by atoms with Crippen LogP contribution >= 0.6 is 0 Å². The van der Waals surface area contributed by atoms with Crippen LogP contribution in [0.3, 0.4) is 0 Å². The molecule has 2 aliphatic rings. The van der Waals surface area contributed by atoms with Gasteiger partial charge in [0.25, 0.3) is 0 Å². The fraction of sp³-hybridized carbons (Fsp3) is 0.500. The van der Waals surface area contributed by atoms with Gasteiger partial charge in [0.15, 0.2) is 9.84 Å². The van der Waals surface area contributed by atoms with E-state index in [0.717, 1.165) is 18.4 Å². The maximum absolute atomic E-state index is 12.1. The van der Waals surface area contributed by atoms with Crippen molar-refractivity contribution in [3.8, 4) is 0 Å². The van der Waals surface area contributed by atoms with E-state index in [0.29, 0.717) is 17.9 Å². The van der Waals surface area contributed by atoms with Crippen LogP contribution in [0, 0.1) is 5.92 Å². The van der Waals surface area contributed by atoms with E-state index < -0.39 is 15.8 Å². The zero-order valence-electron chi connectivity index (χ0n) is 11.0. The number of hydrogen-bond acceptors (Lipinski definition) is 4. The molecule has 6 heteroatoms. The summed E-state index contributed by atoms with van der Waals surface area (Å²) in [6.45, 7) is 0.460. The SMILES string of the molecule is O=C(O)C1CNC(c2ccc(S(=O)(=O)C3CC3)cc2)C1. The summed E-state index contributed by atoms with van der Waals surface area (Å²) in [6, 6.07) is 6.85. The zero-order valence-corrected chi connectivity index (χ0v) is 11.8. The average molecular weight is 295 g/mol. The van der Waals surface area contributed by atoms with Crippen molar-refractivity contribution < 1.29 is 18.3 Å². The lowest BCUT2D eigenvalue weighted by molar-refractivity contribution is -0.141. The molecule has 0 radical (unpaired) electrons. The molecule has 1 aromatic carbocycles. The van der Waals surface area contributed by atoms with Crippen molar-refractivity contribution in [1.29, 1.82) is 0 Å². The predicted octanol–water partition coefficient (Wildman–Crippen LogP) is 1.36. The summed E-state index contributed by atoms with van der Waals surface area (Å²) in [5.41, 5.74) is 0.948. The lowest BCUT2D eigenvalue weighted by atomic mass is 10.0. The Bertz CT molecular complexity index is 619. The molecule has 1 saturated carbocycles. The molecule has 5 nitrogen and oxygen atoms in total. The van der Waals surface area contributed by atoms with Gasteiger partial charge in [-0.05, 0) is 37.0 Å². The Labute approximate surface area is 117 Å². The quantitative estimate of drug-likeness (QED) is 0.876. The Morgan fingerprint density at radius 2 is 1.85 bits per heavy atom. The van der Waals surface area contributed by atoms with Gasteiger partial charge in [0.05, 0.1) is 16.1 Å². The standard InChI is InChI=1S/C14H17NO4S/c16-14(17)10-7-13(15-8-10)9-1-3-11(4-2-9)20(18,19)12-5-6-12/h1-4,10,12-13,15H,5-8H2,(H,16,17). The lowest BCUT2D eigenvalue weighted by Gasteiger charge is -2.11. The Kier molecular flexibility index (Phi) is 3.30. The first-order valence-electron chi connectivity index (χ1n) is 6.78. The van der Waals surface area contributed by atoms with Crippen LogP contribution < -0.4 is 5.32 Å². The molecule has 20 heavy (non-hydrogen) atoms. The molecular weight excluding hydrogens is 278 g/mol. The summed E-state index contributed by atoms with van der Waals surface area (Å²) < 4.78 is 24.2. The Balaban J connectivity index is 1.75. The van der Waals surface area contributed by atoms with E-state index in [4.69, 9.17) is 5.11 Å². The van der Waals surface area contributed by atoms with Gasteiger partial charge in [-0.15, -0.1) is 0 Å². The van der Waals surface area contributed by atoms with Gasteiger partial charge in [-0.2, -0.15) is 0 Å². The van der Waals surface area contributed by atoms with Crippen LogP contribution in [0.5, 0.6) is 0 Å². The number of carboxylic acids is 1. The van der Waals surface area contributed by atoms with E-state index in [1.807, 2.05) is 0 Å². The zero-order chi connectivity index (χ0) is 14.3. The highest BCUT2D eigenvalue weighted by atomic mass is 32.2. The van der Waals surface area contributed by atoms with Crippen LogP contribution in [-0.4, -0.2) is 31.3 Å². The summed E-state index contributed by atoms with van der Waals surface area (Å²) in [7, 11) is -3.14. The number of rotatable bonds is 4. The third-order valence-corrected chi connectivity index (χ3v) is 6.33. The first-order chi connectivity index (χ1) is 9.48. The molecule has 3 rings (SSSR count). The summed E-state index contributed by atoms with van der Waals surface area (Å²) in [5.74, 6) is -1.15. The van der Waals surface area contributed by atoms with Gasteiger partial charge >= 0.3 is 5.97 Å².